The molecular formula is C22H22FN5. The molecule has 1 N–H and O–H groups in total. The monoisotopic (exact) mass is 375 g/mol. The molecule has 142 valence electrons. The maximum absolute atomic E-state index is 13.1. The van der Waals surface area contributed by atoms with Crippen LogP contribution in [-0.4, -0.2) is 19.6 Å². The smallest absolute Gasteiger partial charge is 0.123 e. The van der Waals surface area contributed by atoms with Crippen molar-refractivity contribution in [2.45, 2.75) is 26.4 Å². The summed E-state index contributed by atoms with van der Waals surface area (Å²) in [5.74, 6) is -0.252. The molecule has 2 heterocycles. The van der Waals surface area contributed by atoms with Crippen LogP contribution in [0.15, 0.2) is 73.2 Å². The lowest BCUT2D eigenvalue weighted by Crippen LogP contribution is -2.18. The van der Waals surface area contributed by atoms with Crippen LogP contribution in [0.1, 0.15) is 29.8 Å². The van der Waals surface area contributed by atoms with Crippen molar-refractivity contribution in [1.29, 1.82) is 0 Å². The SMILES string of the molecule is Cc1c([C@H](C)NCc2cnn(-c3ccc(F)cc3)c2)cnn1-c1ccccc1. The quantitative estimate of drug-likeness (QED) is 0.545. The van der Waals surface area contributed by atoms with Gasteiger partial charge in [-0.05, 0) is 50.2 Å². The molecule has 0 bridgehead atoms. The Bertz CT molecular complexity index is 1050. The largest absolute Gasteiger partial charge is 0.306 e. The van der Waals surface area contributed by atoms with Gasteiger partial charge in [0, 0.05) is 35.6 Å². The van der Waals surface area contributed by atoms with Gasteiger partial charge in [-0.1, -0.05) is 18.2 Å². The van der Waals surface area contributed by atoms with Gasteiger partial charge in [-0.15, -0.1) is 0 Å². The number of hydrogen-bond acceptors (Lipinski definition) is 3. The first-order valence-corrected chi connectivity index (χ1v) is 9.24. The number of aromatic nitrogens is 4. The van der Waals surface area contributed by atoms with Crippen LogP contribution in [0.25, 0.3) is 11.4 Å². The fourth-order valence-electron chi connectivity index (χ4n) is 3.24. The van der Waals surface area contributed by atoms with Gasteiger partial charge in [0.05, 0.1) is 23.8 Å². The predicted octanol–water partition coefficient (Wildman–Crippen LogP) is 4.36. The van der Waals surface area contributed by atoms with Crippen molar-refractivity contribution in [2.24, 2.45) is 0 Å². The fraction of sp³-hybridized carbons (Fsp3) is 0.182. The Morgan fingerprint density at radius 3 is 2.46 bits per heavy atom. The third kappa shape index (κ3) is 3.73. The molecule has 0 saturated carbocycles. The Labute approximate surface area is 163 Å². The zero-order valence-corrected chi connectivity index (χ0v) is 15.9. The second-order valence-electron chi connectivity index (χ2n) is 6.80. The minimum Gasteiger partial charge on any atom is -0.306 e. The van der Waals surface area contributed by atoms with Crippen LogP contribution < -0.4 is 5.32 Å². The third-order valence-electron chi connectivity index (χ3n) is 4.85. The Kier molecular flexibility index (Phi) is 5.04. The van der Waals surface area contributed by atoms with Crippen molar-refractivity contribution in [2.75, 3.05) is 0 Å². The molecule has 2 aromatic carbocycles. The lowest BCUT2D eigenvalue weighted by atomic mass is 10.1. The highest BCUT2D eigenvalue weighted by Crippen LogP contribution is 2.20. The van der Waals surface area contributed by atoms with E-state index in [0.717, 1.165) is 28.2 Å². The molecule has 0 amide bonds. The average Bonchev–Trinajstić information content (AvgIpc) is 3.34. The number of rotatable bonds is 6. The highest BCUT2D eigenvalue weighted by Gasteiger charge is 2.14. The summed E-state index contributed by atoms with van der Waals surface area (Å²) in [6.45, 7) is 4.89. The minimum atomic E-state index is -0.252. The van der Waals surface area contributed by atoms with Crippen LogP contribution in [-0.2, 0) is 6.54 Å². The highest BCUT2D eigenvalue weighted by atomic mass is 19.1. The fourth-order valence-corrected chi connectivity index (χ4v) is 3.24. The normalized spacial score (nSPS) is 12.2. The standard InChI is InChI=1S/C22H22FN5/c1-16(22-14-26-28(17(22)2)21-6-4-3-5-7-21)24-12-18-13-25-27(15-18)20-10-8-19(23)9-11-20/h3-11,13-16,24H,12H2,1-2H3/t16-/m0/s1. The summed E-state index contributed by atoms with van der Waals surface area (Å²) in [6, 6.07) is 16.6. The van der Waals surface area contributed by atoms with E-state index >= 15 is 0 Å². The van der Waals surface area contributed by atoms with E-state index in [0.29, 0.717) is 6.54 Å². The summed E-state index contributed by atoms with van der Waals surface area (Å²) >= 11 is 0. The topological polar surface area (TPSA) is 47.7 Å². The first-order valence-electron chi connectivity index (χ1n) is 9.24. The summed E-state index contributed by atoms with van der Waals surface area (Å²) in [4.78, 5) is 0. The number of nitrogens with one attached hydrogen (secondary N) is 1. The summed E-state index contributed by atoms with van der Waals surface area (Å²) in [7, 11) is 0. The maximum atomic E-state index is 13.1. The van der Waals surface area contributed by atoms with Crippen LogP contribution in [0, 0.1) is 12.7 Å². The first-order chi connectivity index (χ1) is 13.6. The summed E-state index contributed by atoms with van der Waals surface area (Å²) in [6.07, 6.45) is 5.69. The summed E-state index contributed by atoms with van der Waals surface area (Å²) < 4.78 is 16.8. The molecule has 0 fully saturated rings. The van der Waals surface area contributed by atoms with E-state index in [-0.39, 0.29) is 11.9 Å². The number of halogens is 1. The molecule has 2 aromatic heterocycles. The Hall–Kier alpha value is -3.25. The number of para-hydroxylation sites is 1. The van der Waals surface area contributed by atoms with Crippen LogP contribution in [0.2, 0.25) is 0 Å². The van der Waals surface area contributed by atoms with Gasteiger partial charge in [0.25, 0.3) is 0 Å². The average molecular weight is 375 g/mol. The Morgan fingerprint density at radius 1 is 0.964 bits per heavy atom. The second kappa shape index (κ2) is 7.78. The molecule has 4 rings (SSSR count). The van der Waals surface area contributed by atoms with Gasteiger partial charge in [-0.25, -0.2) is 13.8 Å². The molecular weight excluding hydrogens is 353 g/mol. The van der Waals surface area contributed by atoms with Crippen molar-refractivity contribution < 1.29 is 4.39 Å². The van der Waals surface area contributed by atoms with E-state index in [2.05, 4.69) is 29.4 Å². The molecule has 6 heteroatoms. The predicted molar refractivity (Wildman–Crippen MR) is 107 cm³/mol. The van der Waals surface area contributed by atoms with Gasteiger partial charge in [0.1, 0.15) is 5.82 Å². The van der Waals surface area contributed by atoms with Gasteiger partial charge in [-0.3, -0.25) is 0 Å². The molecule has 4 aromatic rings. The summed E-state index contributed by atoms with van der Waals surface area (Å²) in [5.41, 5.74) is 5.23. The first kappa shape index (κ1) is 18.1. The lowest BCUT2D eigenvalue weighted by molar-refractivity contribution is 0.571. The van der Waals surface area contributed by atoms with E-state index in [4.69, 9.17) is 0 Å². The molecule has 0 spiro atoms. The minimum absolute atomic E-state index is 0.145. The molecule has 28 heavy (non-hydrogen) atoms. The van der Waals surface area contributed by atoms with E-state index in [1.54, 1.807) is 16.8 Å². The van der Waals surface area contributed by atoms with E-state index in [9.17, 15) is 4.39 Å². The van der Waals surface area contributed by atoms with Crippen LogP contribution in [0.5, 0.6) is 0 Å². The Morgan fingerprint density at radius 2 is 1.71 bits per heavy atom. The molecule has 0 aliphatic rings. The van der Waals surface area contributed by atoms with Gasteiger partial charge in [0.2, 0.25) is 0 Å². The molecule has 0 aliphatic carbocycles. The van der Waals surface area contributed by atoms with Crippen molar-refractivity contribution >= 4 is 0 Å². The maximum Gasteiger partial charge on any atom is 0.123 e. The van der Waals surface area contributed by atoms with Crippen molar-refractivity contribution in [3.63, 3.8) is 0 Å². The van der Waals surface area contributed by atoms with Crippen molar-refractivity contribution in [3.05, 3.63) is 95.8 Å². The van der Waals surface area contributed by atoms with E-state index < -0.39 is 0 Å². The molecule has 0 radical (unpaired) electrons. The zero-order chi connectivity index (χ0) is 19.5. The van der Waals surface area contributed by atoms with Crippen LogP contribution in [0.3, 0.4) is 0 Å². The van der Waals surface area contributed by atoms with E-state index in [1.807, 2.05) is 53.6 Å². The summed E-state index contributed by atoms with van der Waals surface area (Å²) in [5, 5.41) is 12.4. The number of hydrogen-bond donors (Lipinski definition) is 1. The molecule has 0 saturated heterocycles. The van der Waals surface area contributed by atoms with Crippen LogP contribution >= 0.6 is 0 Å². The van der Waals surface area contributed by atoms with Gasteiger partial charge in [0.15, 0.2) is 0 Å². The van der Waals surface area contributed by atoms with Crippen molar-refractivity contribution in [3.8, 4) is 11.4 Å². The van der Waals surface area contributed by atoms with E-state index in [1.165, 1.54) is 12.1 Å². The van der Waals surface area contributed by atoms with Crippen LogP contribution in [0.4, 0.5) is 4.39 Å². The third-order valence-corrected chi connectivity index (χ3v) is 4.85. The molecule has 5 nitrogen and oxygen atoms in total. The zero-order valence-electron chi connectivity index (χ0n) is 15.9. The molecule has 0 unspecified atom stereocenters. The number of benzene rings is 2. The lowest BCUT2D eigenvalue weighted by Gasteiger charge is -2.13. The second-order valence-corrected chi connectivity index (χ2v) is 6.80. The van der Waals surface area contributed by atoms with Gasteiger partial charge >= 0.3 is 0 Å². The van der Waals surface area contributed by atoms with Gasteiger partial charge < -0.3 is 5.32 Å². The molecule has 1 atom stereocenters. The van der Waals surface area contributed by atoms with Crippen molar-refractivity contribution in [1.82, 2.24) is 24.9 Å². The highest BCUT2D eigenvalue weighted by molar-refractivity contribution is 5.35. The number of nitrogens with zero attached hydrogens (tertiary/aromatic N) is 4. The molecule has 0 aliphatic heterocycles. The van der Waals surface area contributed by atoms with Gasteiger partial charge in [-0.2, -0.15) is 10.2 Å². The Balaban J connectivity index is 1.43.